The summed E-state index contributed by atoms with van der Waals surface area (Å²) < 4.78 is 5.45. The number of hydrogen-bond acceptors (Lipinski definition) is 4. The number of rotatable bonds is 4. The summed E-state index contributed by atoms with van der Waals surface area (Å²) in [4.78, 5) is 12.2. The number of hydrogen-bond donors (Lipinski definition) is 1. The van der Waals surface area contributed by atoms with Gasteiger partial charge in [0.25, 0.3) is 5.91 Å². The Morgan fingerprint density at radius 3 is 2.58 bits per heavy atom. The van der Waals surface area contributed by atoms with Crippen LogP contribution in [0.1, 0.15) is 27.4 Å². The van der Waals surface area contributed by atoms with E-state index >= 15 is 0 Å². The SMILES string of the molecule is Cc1ccc(Cc2nnc(NC(=O)c3ccc(Cl)cc3Cl)o2)cc1. The second-order valence-corrected chi connectivity index (χ2v) is 6.09. The molecule has 5 nitrogen and oxygen atoms in total. The average Bonchev–Trinajstić information content (AvgIpc) is 2.96. The second kappa shape index (κ2) is 7.03. The number of aromatic nitrogens is 2. The lowest BCUT2D eigenvalue weighted by atomic mass is 10.1. The van der Waals surface area contributed by atoms with Gasteiger partial charge in [0.1, 0.15) is 0 Å². The molecule has 1 amide bonds. The van der Waals surface area contributed by atoms with Gasteiger partial charge in [-0.25, -0.2) is 0 Å². The van der Waals surface area contributed by atoms with E-state index in [9.17, 15) is 4.79 Å². The van der Waals surface area contributed by atoms with E-state index in [-0.39, 0.29) is 16.6 Å². The molecule has 0 aliphatic rings. The number of nitrogens with one attached hydrogen (secondary N) is 1. The van der Waals surface area contributed by atoms with Crippen LogP contribution in [0.2, 0.25) is 10.0 Å². The molecule has 1 heterocycles. The van der Waals surface area contributed by atoms with Crippen LogP contribution in [0.25, 0.3) is 0 Å². The van der Waals surface area contributed by atoms with E-state index in [0.717, 1.165) is 5.56 Å². The van der Waals surface area contributed by atoms with Crippen molar-refractivity contribution >= 4 is 35.1 Å². The zero-order chi connectivity index (χ0) is 17.1. The van der Waals surface area contributed by atoms with E-state index in [2.05, 4.69) is 15.5 Å². The smallest absolute Gasteiger partial charge is 0.322 e. The first-order valence-electron chi connectivity index (χ1n) is 7.15. The van der Waals surface area contributed by atoms with Crippen molar-refractivity contribution in [2.75, 3.05) is 5.32 Å². The highest BCUT2D eigenvalue weighted by atomic mass is 35.5. The Morgan fingerprint density at radius 1 is 1.12 bits per heavy atom. The number of aryl methyl sites for hydroxylation is 1. The van der Waals surface area contributed by atoms with Gasteiger partial charge in [0.05, 0.1) is 17.0 Å². The van der Waals surface area contributed by atoms with E-state index in [1.807, 2.05) is 31.2 Å². The molecule has 0 saturated heterocycles. The van der Waals surface area contributed by atoms with E-state index in [1.165, 1.54) is 17.7 Å². The first-order valence-corrected chi connectivity index (χ1v) is 7.91. The summed E-state index contributed by atoms with van der Waals surface area (Å²) >= 11 is 11.8. The lowest BCUT2D eigenvalue weighted by molar-refractivity contribution is 0.102. The van der Waals surface area contributed by atoms with Crippen molar-refractivity contribution in [3.63, 3.8) is 0 Å². The third kappa shape index (κ3) is 3.93. The standard InChI is InChI=1S/C17H13Cl2N3O2/c1-10-2-4-11(5-3-10)8-15-21-22-17(24-15)20-16(23)13-7-6-12(18)9-14(13)19/h2-7,9H,8H2,1H3,(H,20,22,23). The molecule has 0 aliphatic carbocycles. The quantitative estimate of drug-likeness (QED) is 0.741. The number of halogens is 2. The largest absolute Gasteiger partial charge is 0.407 e. The summed E-state index contributed by atoms with van der Waals surface area (Å²) in [5.74, 6) is -0.0291. The maximum absolute atomic E-state index is 12.2. The molecular formula is C17H13Cl2N3O2. The molecule has 0 bridgehead atoms. The van der Waals surface area contributed by atoms with Crippen molar-refractivity contribution in [1.29, 1.82) is 0 Å². The Morgan fingerprint density at radius 2 is 1.88 bits per heavy atom. The van der Waals surface area contributed by atoms with Crippen molar-refractivity contribution in [3.05, 3.63) is 75.1 Å². The minimum absolute atomic E-state index is 0.0214. The Kier molecular flexibility index (Phi) is 4.83. The summed E-state index contributed by atoms with van der Waals surface area (Å²) in [5, 5.41) is 11.0. The van der Waals surface area contributed by atoms with Crippen molar-refractivity contribution in [2.45, 2.75) is 13.3 Å². The number of carbonyl (C=O) groups is 1. The van der Waals surface area contributed by atoms with E-state index in [1.54, 1.807) is 6.07 Å². The van der Waals surface area contributed by atoms with Crippen molar-refractivity contribution in [1.82, 2.24) is 10.2 Å². The van der Waals surface area contributed by atoms with Gasteiger partial charge >= 0.3 is 6.01 Å². The lowest BCUT2D eigenvalue weighted by Crippen LogP contribution is -2.12. The number of amides is 1. The normalized spacial score (nSPS) is 10.6. The van der Waals surface area contributed by atoms with Crippen LogP contribution in [-0.2, 0) is 6.42 Å². The van der Waals surface area contributed by atoms with E-state index in [0.29, 0.717) is 17.3 Å². The van der Waals surface area contributed by atoms with Gasteiger partial charge in [-0.15, -0.1) is 5.10 Å². The van der Waals surface area contributed by atoms with E-state index < -0.39 is 5.91 Å². The van der Waals surface area contributed by atoms with Crippen molar-refractivity contribution < 1.29 is 9.21 Å². The van der Waals surface area contributed by atoms with Gasteiger partial charge in [0.15, 0.2) is 0 Å². The van der Waals surface area contributed by atoms with Gasteiger partial charge in [-0.1, -0.05) is 58.1 Å². The third-order valence-corrected chi connectivity index (χ3v) is 3.89. The predicted octanol–water partition coefficient (Wildman–Crippen LogP) is 4.53. The molecule has 122 valence electrons. The van der Waals surface area contributed by atoms with Gasteiger partial charge < -0.3 is 4.42 Å². The number of carbonyl (C=O) groups excluding carboxylic acids is 1. The fraction of sp³-hybridized carbons (Fsp3) is 0.118. The molecule has 0 atom stereocenters. The monoisotopic (exact) mass is 361 g/mol. The van der Waals surface area contributed by atoms with E-state index in [4.69, 9.17) is 27.6 Å². The highest BCUT2D eigenvalue weighted by Crippen LogP contribution is 2.22. The maximum atomic E-state index is 12.2. The summed E-state index contributed by atoms with van der Waals surface area (Å²) in [6.07, 6.45) is 0.491. The van der Waals surface area contributed by atoms with Gasteiger partial charge in [0, 0.05) is 5.02 Å². The number of nitrogens with zero attached hydrogens (tertiary/aromatic N) is 2. The Labute approximate surface area is 148 Å². The first kappa shape index (κ1) is 16.5. The molecule has 1 N–H and O–H groups in total. The van der Waals surface area contributed by atoms with Crippen LogP contribution in [0.4, 0.5) is 6.01 Å². The lowest BCUT2D eigenvalue weighted by Gasteiger charge is -2.03. The average molecular weight is 362 g/mol. The van der Waals surface area contributed by atoms with Crippen LogP contribution in [0.5, 0.6) is 0 Å². The van der Waals surface area contributed by atoms with Gasteiger partial charge in [-0.05, 0) is 30.7 Å². The molecule has 3 rings (SSSR count). The molecule has 24 heavy (non-hydrogen) atoms. The Hall–Kier alpha value is -2.37. The fourth-order valence-electron chi connectivity index (χ4n) is 2.09. The predicted molar refractivity (Wildman–Crippen MR) is 92.7 cm³/mol. The molecule has 0 spiro atoms. The van der Waals surface area contributed by atoms with Gasteiger partial charge in [0.2, 0.25) is 5.89 Å². The Bertz CT molecular complexity index is 876. The molecule has 1 aromatic heterocycles. The van der Waals surface area contributed by atoms with Crippen LogP contribution >= 0.6 is 23.2 Å². The molecule has 0 unspecified atom stereocenters. The molecular weight excluding hydrogens is 349 g/mol. The first-order chi connectivity index (χ1) is 11.5. The molecule has 0 radical (unpaired) electrons. The van der Waals surface area contributed by atoms with Crippen LogP contribution < -0.4 is 5.32 Å². The minimum Gasteiger partial charge on any atom is -0.407 e. The highest BCUT2D eigenvalue weighted by molar-refractivity contribution is 6.37. The maximum Gasteiger partial charge on any atom is 0.322 e. The fourth-order valence-corrected chi connectivity index (χ4v) is 2.59. The van der Waals surface area contributed by atoms with Crippen molar-refractivity contribution in [2.24, 2.45) is 0 Å². The Balaban J connectivity index is 1.69. The van der Waals surface area contributed by atoms with Gasteiger partial charge in [-0.2, -0.15) is 0 Å². The minimum atomic E-state index is -0.442. The highest BCUT2D eigenvalue weighted by Gasteiger charge is 2.15. The molecule has 7 heteroatoms. The summed E-state index contributed by atoms with van der Waals surface area (Å²) in [7, 11) is 0. The van der Waals surface area contributed by atoms with Crippen LogP contribution in [0.15, 0.2) is 46.9 Å². The molecule has 0 saturated carbocycles. The third-order valence-electron chi connectivity index (χ3n) is 3.34. The molecule has 2 aromatic carbocycles. The second-order valence-electron chi connectivity index (χ2n) is 5.24. The zero-order valence-corrected chi connectivity index (χ0v) is 14.2. The number of anilines is 1. The molecule has 0 aliphatic heterocycles. The van der Waals surface area contributed by atoms with Crippen molar-refractivity contribution in [3.8, 4) is 0 Å². The zero-order valence-electron chi connectivity index (χ0n) is 12.7. The topological polar surface area (TPSA) is 68.0 Å². The van der Waals surface area contributed by atoms with Gasteiger partial charge in [-0.3, -0.25) is 10.1 Å². The summed E-state index contributed by atoms with van der Waals surface area (Å²) in [5.41, 5.74) is 2.50. The molecule has 3 aromatic rings. The molecule has 0 fully saturated rings. The summed E-state index contributed by atoms with van der Waals surface area (Å²) in [6, 6.07) is 12.6. The van der Waals surface area contributed by atoms with Crippen LogP contribution in [0.3, 0.4) is 0 Å². The summed E-state index contributed by atoms with van der Waals surface area (Å²) in [6.45, 7) is 2.02. The van der Waals surface area contributed by atoms with Crippen LogP contribution in [0, 0.1) is 6.92 Å². The number of benzene rings is 2. The van der Waals surface area contributed by atoms with Crippen LogP contribution in [-0.4, -0.2) is 16.1 Å².